The van der Waals surface area contributed by atoms with E-state index in [1.807, 2.05) is 24.4 Å². The summed E-state index contributed by atoms with van der Waals surface area (Å²) in [5, 5.41) is 1.95. The molecule has 2 rings (SSSR count). The maximum atomic E-state index is 12.3. The number of rotatable bonds is 4. The van der Waals surface area contributed by atoms with Gasteiger partial charge in [-0.25, -0.2) is 8.42 Å². The van der Waals surface area contributed by atoms with Gasteiger partial charge in [0.1, 0.15) is 4.21 Å². The first-order chi connectivity index (χ1) is 8.39. The Hall–Kier alpha value is -0.210. The van der Waals surface area contributed by atoms with Crippen molar-refractivity contribution in [3.63, 3.8) is 0 Å². The Bertz CT molecular complexity index is 645. The minimum Gasteiger partial charge on any atom is -0.206 e. The molecule has 2 aromatic rings. The van der Waals surface area contributed by atoms with Gasteiger partial charge in [0.15, 0.2) is 0 Å². The number of sulfonamides is 1. The second kappa shape index (κ2) is 5.42. The average molecular weight is 366 g/mol. The minimum atomic E-state index is -3.37. The number of thiophene rings is 2. The predicted octanol–water partition coefficient (Wildman–Crippen LogP) is 3.70. The SMILES string of the molecule is Cc1ccc(S(=O)(=O)N(C)Cc2csc(Br)c2)s1. The fraction of sp³-hybridized carbons (Fsp3) is 0.273. The smallest absolute Gasteiger partial charge is 0.206 e. The van der Waals surface area contributed by atoms with Crippen LogP contribution in [-0.2, 0) is 16.6 Å². The lowest BCUT2D eigenvalue weighted by atomic mass is 10.3. The summed E-state index contributed by atoms with van der Waals surface area (Å²) < 4.78 is 27.4. The maximum absolute atomic E-state index is 12.3. The second-order valence-electron chi connectivity index (χ2n) is 3.89. The molecule has 7 heteroatoms. The van der Waals surface area contributed by atoms with E-state index in [-0.39, 0.29) is 0 Å². The first-order valence-electron chi connectivity index (χ1n) is 5.15. The first-order valence-corrected chi connectivity index (χ1v) is 9.08. The van der Waals surface area contributed by atoms with Crippen LogP contribution >= 0.6 is 38.6 Å². The van der Waals surface area contributed by atoms with Gasteiger partial charge in [-0.2, -0.15) is 4.31 Å². The lowest BCUT2D eigenvalue weighted by Crippen LogP contribution is -2.25. The summed E-state index contributed by atoms with van der Waals surface area (Å²) in [6, 6.07) is 5.43. The van der Waals surface area contributed by atoms with Crippen LogP contribution in [0, 0.1) is 6.92 Å². The summed E-state index contributed by atoms with van der Waals surface area (Å²) >= 11 is 6.23. The zero-order valence-corrected chi connectivity index (χ0v) is 13.9. The van der Waals surface area contributed by atoms with Gasteiger partial charge >= 0.3 is 0 Å². The molecule has 0 bridgehead atoms. The average Bonchev–Trinajstić information content (AvgIpc) is 2.88. The van der Waals surface area contributed by atoms with Gasteiger partial charge in [-0.1, -0.05) is 0 Å². The lowest BCUT2D eigenvalue weighted by molar-refractivity contribution is 0.469. The van der Waals surface area contributed by atoms with Crippen molar-refractivity contribution in [2.75, 3.05) is 7.05 Å². The van der Waals surface area contributed by atoms with Gasteiger partial charge in [-0.15, -0.1) is 22.7 Å². The molecule has 0 saturated heterocycles. The molecule has 0 aliphatic carbocycles. The quantitative estimate of drug-likeness (QED) is 0.828. The van der Waals surface area contributed by atoms with Crippen molar-refractivity contribution >= 4 is 48.6 Å². The number of hydrogen-bond donors (Lipinski definition) is 0. The monoisotopic (exact) mass is 365 g/mol. The van der Waals surface area contributed by atoms with Gasteiger partial charge in [0.2, 0.25) is 0 Å². The number of aryl methyl sites for hydroxylation is 1. The standard InChI is InChI=1S/C11H12BrNO2S3/c1-8-3-4-11(17-8)18(14,15)13(2)6-9-5-10(12)16-7-9/h3-5,7H,6H2,1-2H3. The molecule has 0 unspecified atom stereocenters. The van der Waals surface area contributed by atoms with Crippen LogP contribution in [0.2, 0.25) is 0 Å². The summed E-state index contributed by atoms with van der Waals surface area (Å²) in [6.45, 7) is 2.29. The van der Waals surface area contributed by atoms with Crippen LogP contribution in [0.5, 0.6) is 0 Å². The molecule has 0 radical (unpaired) electrons. The van der Waals surface area contributed by atoms with Gasteiger partial charge in [0.05, 0.1) is 3.79 Å². The molecule has 3 nitrogen and oxygen atoms in total. The summed E-state index contributed by atoms with van der Waals surface area (Å²) in [6.07, 6.45) is 0. The van der Waals surface area contributed by atoms with E-state index in [0.29, 0.717) is 10.8 Å². The van der Waals surface area contributed by atoms with E-state index in [0.717, 1.165) is 14.2 Å². The number of nitrogens with zero attached hydrogens (tertiary/aromatic N) is 1. The molecule has 0 spiro atoms. The second-order valence-corrected chi connectivity index (χ2v) is 9.74. The van der Waals surface area contributed by atoms with E-state index >= 15 is 0 Å². The van der Waals surface area contributed by atoms with Crippen LogP contribution in [0.3, 0.4) is 0 Å². The highest BCUT2D eigenvalue weighted by molar-refractivity contribution is 9.11. The topological polar surface area (TPSA) is 37.4 Å². The third-order valence-electron chi connectivity index (χ3n) is 2.41. The van der Waals surface area contributed by atoms with Crippen molar-refractivity contribution in [2.24, 2.45) is 0 Å². The Labute approximate surface area is 123 Å². The molecule has 0 aliphatic rings. The van der Waals surface area contributed by atoms with Crippen LogP contribution in [0.15, 0.2) is 31.6 Å². The van der Waals surface area contributed by atoms with Crippen molar-refractivity contribution in [1.29, 1.82) is 0 Å². The molecule has 2 aromatic heterocycles. The van der Waals surface area contributed by atoms with Crippen LogP contribution in [-0.4, -0.2) is 19.8 Å². The zero-order valence-electron chi connectivity index (χ0n) is 9.88. The number of halogens is 1. The molecule has 2 heterocycles. The highest BCUT2D eigenvalue weighted by Crippen LogP contribution is 2.26. The Kier molecular flexibility index (Phi) is 4.28. The van der Waals surface area contributed by atoms with E-state index in [1.165, 1.54) is 15.6 Å². The van der Waals surface area contributed by atoms with Crippen molar-refractivity contribution in [1.82, 2.24) is 4.31 Å². The zero-order chi connectivity index (χ0) is 13.3. The normalized spacial score (nSPS) is 12.2. The van der Waals surface area contributed by atoms with Crippen LogP contribution in [0.4, 0.5) is 0 Å². The summed E-state index contributed by atoms with van der Waals surface area (Å²) in [5.41, 5.74) is 0.992. The largest absolute Gasteiger partial charge is 0.252 e. The van der Waals surface area contributed by atoms with Gasteiger partial charge < -0.3 is 0 Å². The highest BCUT2D eigenvalue weighted by atomic mass is 79.9. The van der Waals surface area contributed by atoms with Crippen LogP contribution < -0.4 is 0 Å². The van der Waals surface area contributed by atoms with Gasteiger partial charge in [-0.3, -0.25) is 0 Å². The molecule has 0 aromatic carbocycles. The molecule has 0 N–H and O–H groups in total. The Morgan fingerprint density at radius 3 is 2.61 bits per heavy atom. The van der Waals surface area contributed by atoms with Gasteiger partial charge in [0.25, 0.3) is 10.0 Å². The minimum absolute atomic E-state index is 0.390. The van der Waals surface area contributed by atoms with E-state index in [2.05, 4.69) is 15.9 Å². The number of hydrogen-bond acceptors (Lipinski definition) is 4. The fourth-order valence-electron chi connectivity index (χ4n) is 1.48. The molecule has 0 aliphatic heterocycles. The Balaban J connectivity index is 2.20. The molecule has 18 heavy (non-hydrogen) atoms. The van der Waals surface area contributed by atoms with Crippen molar-refractivity contribution in [3.8, 4) is 0 Å². The van der Waals surface area contributed by atoms with Crippen molar-refractivity contribution in [2.45, 2.75) is 17.7 Å². The molecule has 0 fully saturated rings. The third kappa shape index (κ3) is 3.03. The molecule has 0 saturated carbocycles. The molecule has 98 valence electrons. The Morgan fingerprint density at radius 1 is 1.39 bits per heavy atom. The summed E-state index contributed by atoms with van der Waals surface area (Å²) in [7, 11) is -1.76. The predicted molar refractivity (Wildman–Crippen MR) is 79.7 cm³/mol. The van der Waals surface area contributed by atoms with Crippen molar-refractivity contribution < 1.29 is 8.42 Å². The van der Waals surface area contributed by atoms with E-state index in [1.54, 1.807) is 24.5 Å². The van der Waals surface area contributed by atoms with Crippen molar-refractivity contribution in [3.05, 3.63) is 37.8 Å². The third-order valence-corrected chi connectivity index (χ3v) is 7.23. The van der Waals surface area contributed by atoms with E-state index in [4.69, 9.17) is 0 Å². The fourth-order valence-corrected chi connectivity index (χ4v) is 5.33. The van der Waals surface area contributed by atoms with Gasteiger partial charge in [-0.05, 0) is 52.0 Å². The van der Waals surface area contributed by atoms with E-state index in [9.17, 15) is 8.42 Å². The lowest BCUT2D eigenvalue weighted by Gasteiger charge is -2.15. The summed E-state index contributed by atoms with van der Waals surface area (Å²) in [5.74, 6) is 0. The van der Waals surface area contributed by atoms with Gasteiger partial charge in [0, 0.05) is 18.5 Å². The Morgan fingerprint density at radius 2 is 2.11 bits per heavy atom. The van der Waals surface area contributed by atoms with Crippen LogP contribution in [0.25, 0.3) is 0 Å². The molecule has 0 atom stereocenters. The highest BCUT2D eigenvalue weighted by Gasteiger charge is 2.22. The molecular formula is C11H12BrNO2S3. The first kappa shape index (κ1) is 14.2. The summed E-state index contributed by atoms with van der Waals surface area (Å²) in [4.78, 5) is 1.00. The van der Waals surface area contributed by atoms with Crippen LogP contribution in [0.1, 0.15) is 10.4 Å². The maximum Gasteiger partial charge on any atom is 0.252 e. The van der Waals surface area contributed by atoms with E-state index < -0.39 is 10.0 Å². The molecular weight excluding hydrogens is 354 g/mol. The molecule has 0 amide bonds.